The van der Waals surface area contributed by atoms with E-state index in [-0.39, 0.29) is 15.9 Å². The molecule has 1 aromatic heterocycles. The zero-order chi connectivity index (χ0) is 19.6. The summed E-state index contributed by atoms with van der Waals surface area (Å²) in [5, 5.41) is 18.6. The fourth-order valence-corrected chi connectivity index (χ4v) is 3.84. The number of nitrogens with zero attached hydrogens (tertiary/aromatic N) is 2. The molecule has 0 aliphatic rings. The van der Waals surface area contributed by atoms with Crippen LogP contribution in [0.3, 0.4) is 0 Å². The van der Waals surface area contributed by atoms with E-state index in [2.05, 4.69) is 4.99 Å². The Morgan fingerprint density at radius 3 is 2.44 bits per heavy atom. The van der Waals surface area contributed by atoms with Gasteiger partial charge in [0, 0.05) is 5.56 Å². The predicted molar refractivity (Wildman–Crippen MR) is 100 cm³/mol. The first-order valence-corrected chi connectivity index (χ1v) is 8.99. The quantitative estimate of drug-likeness (QED) is 0.702. The minimum Gasteiger partial charge on any atom is -0.480 e. The van der Waals surface area contributed by atoms with Gasteiger partial charge in [-0.2, -0.15) is 4.99 Å². The highest BCUT2D eigenvalue weighted by Gasteiger charge is 2.22. The molecule has 0 saturated heterocycles. The minimum atomic E-state index is -1.14. The maximum Gasteiger partial charge on any atom is 0.335 e. The Labute approximate surface area is 157 Å². The van der Waals surface area contributed by atoms with Gasteiger partial charge >= 0.3 is 11.9 Å². The summed E-state index contributed by atoms with van der Waals surface area (Å²) in [7, 11) is 0. The number of amides is 1. The molecule has 0 spiro atoms. The SMILES string of the molecule is CCC(C(=O)O)n1c(=NC(=O)c2cccc(C(=O)O)c2)sc2ccccc21. The minimum absolute atomic E-state index is 0.0164. The zero-order valence-electron chi connectivity index (χ0n) is 14.3. The van der Waals surface area contributed by atoms with Crippen LogP contribution in [-0.4, -0.2) is 32.6 Å². The van der Waals surface area contributed by atoms with Gasteiger partial charge in [0.2, 0.25) is 0 Å². The molecule has 2 N–H and O–H groups in total. The monoisotopic (exact) mass is 384 g/mol. The van der Waals surface area contributed by atoms with Gasteiger partial charge in [-0.3, -0.25) is 4.79 Å². The molecule has 1 amide bonds. The molecule has 0 aliphatic carbocycles. The fraction of sp³-hybridized carbons (Fsp3) is 0.158. The van der Waals surface area contributed by atoms with Crippen molar-refractivity contribution >= 4 is 39.4 Å². The number of thiazole rings is 1. The standard InChI is InChI=1S/C19H16N2O5S/c1-2-13(18(25)26)21-14-8-3-4-9-15(14)27-19(21)20-16(22)11-6-5-7-12(10-11)17(23)24/h3-10,13H,2H2,1H3,(H,23,24)(H,25,26). The van der Waals surface area contributed by atoms with E-state index in [0.717, 1.165) is 4.70 Å². The first-order valence-electron chi connectivity index (χ1n) is 8.17. The van der Waals surface area contributed by atoms with Gasteiger partial charge in [-0.15, -0.1) is 0 Å². The first kappa shape index (κ1) is 18.5. The summed E-state index contributed by atoms with van der Waals surface area (Å²) in [6, 6.07) is 12.0. The molecule has 2 aromatic carbocycles. The lowest BCUT2D eigenvalue weighted by Gasteiger charge is -2.13. The highest BCUT2D eigenvalue weighted by Crippen LogP contribution is 2.22. The maximum absolute atomic E-state index is 12.6. The van der Waals surface area contributed by atoms with Gasteiger partial charge in [0.05, 0.1) is 15.8 Å². The summed E-state index contributed by atoms with van der Waals surface area (Å²) in [5.74, 6) is -2.78. The molecule has 0 bridgehead atoms. The number of hydrogen-bond donors (Lipinski definition) is 2. The number of carboxylic acids is 2. The second-order valence-electron chi connectivity index (χ2n) is 5.79. The largest absolute Gasteiger partial charge is 0.480 e. The van der Waals surface area contributed by atoms with Crippen LogP contribution in [0, 0.1) is 0 Å². The summed E-state index contributed by atoms with van der Waals surface area (Å²) >= 11 is 1.21. The summed E-state index contributed by atoms with van der Waals surface area (Å²) in [4.78, 5) is 39.7. The van der Waals surface area contributed by atoms with E-state index in [1.807, 2.05) is 12.1 Å². The molecule has 0 radical (unpaired) electrons. The normalized spacial score (nSPS) is 12.9. The van der Waals surface area contributed by atoms with E-state index >= 15 is 0 Å². The Bertz CT molecular complexity index is 1110. The Morgan fingerprint density at radius 1 is 1.07 bits per heavy atom. The third kappa shape index (κ3) is 3.65. The maximum atomic E-state index is 12.6. The lowest BCUT2D eigenvalue weighted by Crippen LogP contribution is -2.27. The number of aromatic carboxylic acids is 1. The van der Waals surface area contributed by atoms with E-state index in [0.29, 0.717) is 11.9 Å². The summed E-state index contributed by atoms with van der Waals surface area (Å²) in [6.07, 6.45) is 0.325. The Balaban J connectivity index is 2.18. The van der Waals surface area contributed by atoms with E-state index in [4.69, 9.17) is 5.11 Å². The van der Waals surface area contributed by atoms with Gasteiger partial charge in [-0.1, -0.05) is 36.5 Å². The molecule has 0 saturated carbocycles. The van der Waals surface area contributed by atoms with E-state index < -0.39 is 23.9 Å². The molecular weight excluding hydrogens is 368 g/mol. The molecule has 3 aromatic rings. The van der Waals surface area contributed by atoms with Crippen molar-refractivity contribution in [3.8, 4) is 0 Å². The van der Waals surface area contributed by atoms with Crippen molar-refractivity contribution in [3.63, 3.8) is 0 Å². The molecule has 1 atom stereocenters. The van der Waals surface area contributed by atoms with Crippen LogP contribution in [0.2, 0.25) is 0 Å². The molecule has 0 fully saturated rings. The number of rotatable bonds is 5. The Hall–Kier alpha value is -3.26. The van der Waals surface area contributed by atoms with Crippen molar-refractivity contribution < 1.29 is 24.6 Å². The van der Waals surface area contributed by atoms with Crippen LogP contribution in [0.15, 0.2) is 53.5 Å². The molecule has 1 unspecified atom stereocenters. The Kier molecular flexibility index (Phi) is 5.18. The number of hydrogen-bond acceptors (Lipinski definition) is 4. The number of carbonyl (C=O) groups excluding carboxylic acids is 1. The van der Waals surface area contributed by atoms with Crippen LogP contribution in [0.5, 0.6) is 0 Å². The molecule has 0 aliphatic heterocycles. The van der Waals surface area contributed by atoms with Crippen LogP contribution in [0.25, 0.3) is 10.2 Å². The highest BCUT2D eigenvalue weighted by molar-refractivity contribution is 7.16. The van der Waals surface area contributed by atoms with Gasteiger partial charge < -0.3 is 14.8 Å². The molecule has 138 valence electrons. The lowest BCUT2D eigenvalue weighted by atomic mass is 10.1. The highest BCUT2D eigenvalue weighted by atomic mass is 32.1. The number of benzene rings is 2. The molecule has 8 heteroatoms. The Morgan fingerprint density at radius 2 is 1.78 bits per heavy atom. The summed E-state index contributed by atoms with van der Waals surface area (Å²) in [6.45, 7) is 1.75. The average Bonchev–Trinajstić information content (AvgIpc) is 3.00. The molecular formula is C19H16N2O5S. The second-order valence-corrected chi connectivity index (χ2v) is 6.80. The number of aliphatic carboxylic acids is 1. The van der Waals surface area contributed by atoms with Crippen molar-refractivity contribution in [2.45, 2.75) is 19.4 Å². The lowest BCUT2D eigenvalue weighted by molar-refractivity contribution is -0.140. The van der Waals surface area contributed by atoms with Crippen LogP contribution in [0.1, 0.15) is 40.1 Å². The topological polar surface area (TPSA) is 109 Å². The van der Waals surface area contributed by atoms with Gasteiger partial charge in [-0.25, -0.2) is 9.59 Å². The smallest absolute Gasteiger partial charge is 0.335 e. The average molecular weight is 384 g/mol. The fourth-order valence-electron chi connectivity index (χ4n) is 2.78. The molecule has 7 nitrogen and oxygen atoms in total. The molecule has 1 heterocycles. The summed E-state index contributed by atoms with van der Waals surface area (Å²) < 4.78 is 2.35. The molecule has 27 heavy (non-hydrogen) atoms. The van der Waals surface area contributed by atoms with Gasteiger partial charge in [0.25, 0.3) is 5.91 Å². The number of para-hydroxylation sites is 1. The number of carboxylic acid groups (broad SMARTS) is 2. The van der Waals surface area contributed by atoms with Crippen molar-refractivity contribution in [1.29, 1.82) is 0 Å². The predicted octanol–water partition coefficient (Wildman–Crippen LogP) is 3.18. The third-order valence-electron chi connectivity index (χ3n) is 4.07. The number of aromatic nitrogens is 1. The van der Waals surface area contributed by atoms with Crippen molar-refractivity contribution in [2.75, 3.05) is 0 Å². The van der Waals surface area contributed by atoms with Gasteiger partial charge in [0.15, 0.2) is 4.80 Å². The van der Waals surface area contributed by atoms with E-state index in [1.165, 1.54) is 35.6 Å². The third-order valence-corrected chi connectivity index (χ3v) is 5.10. The van der Waals surface area contributed by atoms with Crippen molar-refractivity contribution in [2.24, 2.45) is 4.99 Å². The summed E-state index contributed by atoms with van der Waals surface area (Å²) in [5.41, 5.74) is 0.794. The number of carbonyl (C=O) groups is 3. The second kappa shape index (κ2) is 7.55. The zero-order valence-corrected chi connectivity index (χ0v) is 15.1. The van der Waals surface area contributed by atoms with Crippen LogP contribution >= 0.6 is 11.3 Å². The van der Waals surface area contributed by atoms with E-state index in [1.54, 1.807) is 23.6 Å². The number of fused-ring (bicyclic) bond motifs is 1. The van der Waals surface area contributed by atoms with Crippen LogP contribution < -0.4 is 4.80 Å². The van der Waals surface area contributed by atoms with Gasteiger partial charge in [-0.05, 0) is 36.8 Å². The van der Waals surface area contributed by atoms with Gasteiger partial charge in [0.1, 0.15) is 6.04 Å². The molecule has 3 rings (SSSR count). The van der Waals surface area contributed by atoms with E-state index in [9.17, 15) is 19.5 Å². The van der Waals surface area contributed by atoms with Crippen molar-refractivity contribution in [3.05, 3.63) is 64.5 Å². The first-order chi connectivity index (χ1) is 12.9. The van der Waals surface area contributed by atoms with Crippen LogP contribution in [0.4, 0.5) is 0 Å². The van der Waals surface area contributed by atoms with Crippen LogP contribution in [-0.2, 0) is 4.79 Å². The van der Waals surface area contributed by atoms with Crippen molar-refractivity contribution in [1.82, 2.24) is 4.57 Å².